The number of hydrogen-bond acceptors (Lipinski definition) is 5. The summed E-state index contributed by atoms with van der Waals surface area (Å²) in [6.45, 7) is 1.58. The molecule has 0 radical (unpaired) electrons. The number of halogens is 1. The van der Waals surface area contributed by atoms with E-state index in [-0.39, 0.29) is 10.6 Å². The molecule has 2 heterocycles. The Morgan fingerprint density at radius 2 is 2.16 bits per heavy atom. The highest BCUT2D eigenvalue weighted by atomic mass is 79.9. The maximum atomic E-state index is 11.9. The number of nitrogens with one attached hydrogen (secondary N) is 1. The molecule has 2 rings (SSSR count). The molecule has 2 aromatic rings. The van der Waals surface area contributed by atoms with Crippen molar-refractivity contribution in [2.24, 2.45) is 0 Å². The van der Waals surface area contributed by atoms with Crippen LogP contribution in [0.15, 0.2) is 22.9 Å². The van der Waals surface area contributed by atoms with E-state index >= 15 is 0 Å². The third kappa shape index (κ3) is 2.96. The molecule has 0 aliphatic heterocycles. The fourth-order valence-corrected chi connectivity index (χ4v) is 2.41. The summed E-state index contributed by atoms with van der Waals surface area (Å²) < 4.78 is 4.54. The summed E-state index contributed by atoms with van der Waals surface area (Å²) in [5.74, 6) is -1.54. The lowest BCUT2D eigenvalue weighted by Gasteiger charge is -2.03. The zero-order valence-electron chi connectivity index (χ0n) is 9.68. The van der Waals surface area contributed by atoms with E-state index < -0.39 is 11.9 Å². The van der Waals surface area contributed by atoms with E-state index in [2.05, 4.69) is 30.6 Å². The van der Waals surface area contributed by atoms with Crippen LogP contribution >= 0.6 is 27.5 Å². The first kappa shape index (κ1) is 13.6. The van der Waals surface area contributed by atoms with Gasteiger partial charge in [-0.15, -0.1) is 0 Å². The molecule has 2 N–H and O–H groups in total. The van der Waals surface area contributed by atoms with Crippen molar-refractivity contribution in [3.63, 3.8) is 0 Å². The molecule has 0 aromatic carbocycles. The summed E-state index contributed by atoms with van der Waals surface area (Å²) in [6.07, 6.45) is 1.40. The van der Waals surface area contributed by atoms with Gasteiger partial charge in [-0.25, -0.2) is 9.78 Å². The third-order valence-corrected chi connectivity index (χ3v) is 3.62. The number of nitrogens with zero attached hydrogens (tertiary/aromatic N) is 2. The first-order valence-corrected chi connectivity index (χ1v) is 6.68. The highest BCUT2D eigenvalue weighted by Crippen LogP contribution is 2.25. The van der Waals surface area contributed by atoms with Crippen LogP contribution in [0.4, 0.5) is 5.00 Å². The number of aromatic nitrogens is 2. The minimum absolute atomic E-state index is 0.0171. The van der Waals surface area contributed by atoms with Gasteiger partial charge < -0.3 is 10.4 Å². The van der Waals surface area contributed by atoms with Gasteiger partial charge in [0.05, 0.1) is 11.3 Å². The Kier molecular flexibility index (Phi) is 3.91. The second-order valence-corrected chi connectivity index (χ2v) is 5.19. The zero-order chi connectivity index (χ0) is 14.0. The quantitative estimate of drug-likeness (QED) is 0.837. The van der Waals surface area contributed by atoms with Gasteiger partial charge in [-0.2, -0.15) is 4.37 Å². The van der Waals surface area contributed by atoms with Crippen LogP contribution in [-0.2, 0) is 0 Å². The number of carbonyl (C=O) groups excluding carboxylic acids is 1. The normalized spacial score (nSPS) is 10.2. The molecule has 98 valence electrons. The average molecular weight is 342 g/mol. The lowest BCUT2D eigenvalue weighted by molar-refractivity contribution is 0.0697. The third-order valence-electron chi connectivity index (χ3n) is 2.29. The van der Waals surface area contributed by atoms with Crippen molar-refractivity contribution in [1.82, 2.24) is 9.36 Å². The average Bonchev–Trinajstić information content (AvgIpc) is 2.71. The van der Waals surface area contributed by atoms with Gasteiger partial charge in [0.15, 0.2) is 0 Å². The molecule has 0 bridgehead atoms. The molecule has 8 heteroatoms. The van der Waals surface area contributed by atoms with Crippen LogP contribution in [0.2, 0.25) is 0 Å². The van der Waals surface area contributed by atoms with Crippen molar-refractivity contribution in [2.45, 2.75) is 6.92 Å². The number of carboxylic acids is 1. The van der Waals surface area contributed by atoms with Crippen LogP contribution in [0.25, 0.3) is 0 Å². The smallest absolute Gasteiger partial charge is 0.340 e. The lowest BCUT2D eigenvalue weighted by Crippen LogP contribution is -2.13. The summed E-state index contributed by atoms with van der Waals surface area (Å²) in [5.41, 5.74) is 0.732. The van der Waals surface area contributed by atoms with Gasteiger partial charge in [0.1, 0.15) is 15.2 Å². The maximum Gasteiger partial charge on any atom is 0.340 e. The fraction of sp³-hybridized carbons (Fsp3) is 0.0909. The SMILES string of the molecule is Cc1nsc(NC(=O)c2ccc(Br)nc2)c1C(=O)O. The molecule has 0 saturated carbocycles. The first-order chi connectivity index (χ1) is 8.99. The van der Waals surface area contributed by atoms with Gasteiger partial charge in [0.2, 0.25) is 0 Å². The van der Waals surface area contributed by atoms with E-state index in [0.29, 0.717) is 15.9 Å². The van der Waals surface area contributed by atoms with Crippen LogP contribution in [-0.4, -0.2) is 26.3 Å². The molecule has 0 aliphatic rings. The van der Waals surface area contributed by atoms with Crippen molar-refractivity contribution in [2.75, 3.05) is 5.32 Å². The molecule has 0 aliphatic carbocycles. The van der Waals surface area contributed by atoms with E-state index in [9.17, 15) is 9.59 Å². The number of hydrogen-bond donors (Lipinski definition) is 2. The zero-order valence-corrected chi connectivity index (χ0v) is 12.1. The van der Waals surface area contributed by atoms with E-state index in [0.717, 1.165) is 11.5 Å². The van der Waals surface area contributed by atoms with E-state index in [1.807, 2.05) is 0 Å². The first-order valence-electron chi connectivity index (χ1n) is 5.11. The molecule has 6 nitrogen and oxygen atoms in total. The van der Waals surface area contributed by atoms with Gasteiger partial charge in [0.25, 0.3) is 5.91 Å². The highest BCUT2D eigenvalue weighted by molar-refractivity contribution is 9.10. The van der Waals surface area contributed by atoms with Crippen molar-refractivity contribution < 1.29 is 14.7 Å². The van der Waals surface area contributed by atoms with Gasteiger partial charge in [-0.05, 0) is 46.5 Å². The van der Waals surface area contributed by atoms with Crippen LogP contribution in [0.5, 0.6) is 0 Å². The number of aryl methyl sites for hydroxylation is 1. The Morgan fingerprint density at radius 3 is 2.74 bits per heavy atom. The Morgan fingerprint density at radius 1 is 1.42 bits per heavy atom. The number of carboxylic acid groups (broad SMARTS) is 1. The van der Waals surface area contributed by atoms with Gasteiger partial charge in [-0.1, -0.05) is 0 Å². The molecule has 19 heavy (non-hydrogen) atoms. The van der Waals surface area contributed by atoms with E-state index in [1.165, 1.54) is 6.20 Å². The largest absolute Gasteiger partial charge is 0.478 e. The molecule has 0 fully saturated rings. The number of rotatable bonds is 3. The monoisotopic (exact) mass is 341 g/mol. The molecule has 1 amide bonds. The molecular weight excluding hydrogens is 334 g/mol. The van der Waals surface area contributed by atoms with Crippen LogP contribution < -0.4 is 5.32 Å². The molecular formula is C11H8BrN3O3S. The number of anilines is 1. The van der Waals surface area contributed by atoms with Gasteiger partial charge in [0, 0.05) is 6.20 Å². The molecule has 0 unspecified atom stereocenters. The minimum atomic E-state index is -1.12. The molecule has 2 aromatic heterocycles. The number of amides is 1. The highest BCUT2D eigenvalue weighted by Gasteiger charge is 2.19. The Hall–Kier alpha value is -1.80. The van der Waals surface area contributed by atoms with Crippen molar-refractivity contribution >= 4 is 44.3 Å². The van der Waals surface area contributed by atoms with Gasteiger partial charge >= 0.3 is 5.97 Å². The summed E-state index contributed by atoms with van der Waals surface area (Å²) in [4.78, 5) is 26.9. The maximum absolute atomic E-state index is 11.9. The lowest BCUT2D eigenvalue weighted by atomic mass is 10.2. The van der Waals surface area contributed by atoms with E-state index in [1.54, 1.807) is 19.1 Å². The summed E-state index contributed by atoms with van der Waals surface area (Å²) in [6, 6.07) is 3.21. The van der Waals surface area contributed by atoms with Crippen LogP contribution in [0.3, 0.4) is 0 Å². The standard InChI is InChI=1S/C11H8BrN3O3S/c1-5-8(11(17)18)10(19-15-5)14-9(16)6-2-3-7(12)13-4-6/h2-4H,1H3,(H,14,16)(H,17,18). The summed E-state index contributed by atoms with van der Waals surface area (Å²) in [7, 11) is 0. The van der Waals surface area contributed by atoms with E-state index in [4.69, 9.17) is 5.11 Å². The molecule has 0 saturated heterocycles. The van der Waals surface area contributed by atoms with Crippen molar-refractivity contribution in [3.8, 4) is 0 Å². The second-order valence-electron chi connectivity index (χ2n) is 3.60. The number of aromatic carboxylic acids is 1. The Balaban J connectivity index is 2.24. The summed E-state index contributed by atoms with van der Waals surface area (Å²) >= 11 is 4.11. The molecule has 0 atom stereocenters. The number of pyridine rings is 1. The topological polar surface area (TPSA) is 92.2 Å². The van der Waals surface area contributed by atoms with Gasteiger partial charge in [-0.3, -0.25) is 4.79 Å². The fourth-order valence-electron chi connectivity index (χ4n) is 1.39. The van der Waals surface area contributed by atoms with Crippen LogP contribution in [0, 0.1) is 6.92 Å². The van der Waals surface area contributed by atoms with Crippen molar-refractivity contribution in [3.05, 3.63) is 39.8 Å². The van der Waals surface area contributed by atoms with Crippen LogP contribution in [0.1, 0.15) is 26.4 Å². The summed E-state index contributed by atoms with van der Waals surface area (Å²) in [5, 5.41) is 11.8. The predicted octanol–water partition coefficient (Wildman–Crippen LogP) is 2.56. The minimum Gasteiger partial charge on any atom is -0.478 e. The molecule has 0 spiro atoms. The Bertz CT molecular complexity index is 639. The second kappa shape index (κ2) is 5.45. The predicted molar refractivity (Wildman–Crippen MR) is 73.7 cm³/mol. The number of carbonyl (C=O) groups is 2. The Labute approximate surface area is 120 Å². The van der Waals surface area contributed by atoms with Crippen molar-refractivity contribution in [1.29, 1.82) is 0 Å².